The minimum Gasteiger partial charge on any atom is -0.481 e. The molecule has 4 rings (SSSR count). The summed E-state index contributed by atoms with van der Waals surface area (Å²) in [6.45, 7) is 0. The summed E-state index contributed by atoms with van der Waals surface area (Å²) in [6.07, 6.45) is 3.17. The van der Waals surface area contributed by atoms with Gasteiger partial charge in [0.2, 0.25) is 11.8 Å². The van der Waals surface area contributed by atoms with Crippen LogP contribution in [0.5, 0.6) is 5.88 Å². The largest absolute Gasteiger partial charge is 0.481 e. The van der Waals surface area contributed by atoms with Crippen molar-refractivity contribution in [1.29, 1.82) is 0 Å². The van der Waals surface area contributed by atoms with Crippen molar-refractivity contribution < 1.29 is 14.3 Å². The number of rotatable bonds is 6. The molecule has 3 N–H and O–H groups in total. The van der Waals surface area contributed by atoms with Gasteiger partial charge in [0, 0.05) is 34.0 Å². The number of ether oxygens (including phenoxy) is 1. The Kier molecular flexibility index (Phi) is 6.33. The highest BCUT2D eigenvalue weighted by atomic mass is 35.5. The quantitative estimate of drug-likeness (QED) is 0.430. The smallest absolute Gasteiger partial charge is 0.256 e. The number of aromatic nitrogens is 2. The van der Waals surface area contributed by atoms with Gasteiger partial charge in [0.05, 0.1) is 24.7 Å². The predicted octanol–water partition coefficient (Wildman–Crippen LogP) is 4.82. The number of hydrogen-bond donors (Lipinski definition) is 2. The fraction of sp³-hybridized carbons (Fsp3) is 0.0400. The number of nitrogens with one attached hydrogen (secondary N) is 1. The monoisotopic (exact) mass is 458 g/mol. The summed E-state index contributed by atoms with van der Waals surface area (Å²) in [5, 5.41) is 3.33. The first kappa shape index (κ1) is 22.0. The van der Waals surface area contributed by atoms with Gasteiger partial charge in [-0.2, -0.15) is 0 Å². The van der Waals surface area contributed by atoms with E-state index in [0.29, 0.717) is 44.5 Å². The van der Waals surface area contributed by atoms with Crippen LogP contribution in [0.15, 0.2) is 79.1 Å². The Morgan fingerprint density at radius 3 is 2.48 bits per heavy atom. The van der Waals surface area contributed by atoms with Gasteiger partial charge in [0.15, 0.2) is 0 Å². The van der Waals surface area contributed by atoms with Gasteiger partial charge in [-0.25, -0.2) is 4.98 Å². The van der Waals surface area contributed by atoms with Crippen LogP contribution in [0.2, 0.25) is 5.02 Å². The number of halogens is 1. The predicted molar refractivity (Wildman–Crippen MR) is 127 cm³/mol. The number of amides is 2. The highest BCUT2D eigenvalue weighted by Gasteiger charge is 2.17. The Hall–Kier alpha value is -4.23. The second kappa shape index (κ2) is 9.50. The van der Waals surface area contributed by atoms with Crippen LogP contribution >= 0.6 is 11.6 Å². The van der Waals surface area contributed by atoms with E-state index in [2.05, 4.69) is 15.3 Å². The Morgan fingerprint density at radius 2 is 1.82 bits per heavy atom. The van der Waals surface area contributed by atoms with Crippen molar-refractivity contribution in [2.24, 2.45) is 5.73 Å². The zero-order valence-electron chi connectivity index (χ0n) is 17.6. The highest BCUT2D eigenvalue weighted by molar-refractivity contribution is 6.33. The maximum atomic E-state index is 13.1. The fourth-order valence-corrected chi connectivity index (χ4v) is 3.53. The molecule has 0 saturated carbocycles. The second-order valence-corrected chi connectivity index (χ2v) is 7.48. The average molecular weight is 459 g/mol. The van der Waals surface area contributed by atoms with E-state index in [-0.39, 0.29) is 11.5 Å². The number of pyridine rings is 2. The summed E-state index contributed by atoms with van der Waals surface area (Å²) in [5.74, 6) is -0.536. The lowest BCUT2D eigenvalue weighted by Crippen LogP contribution is -2.16. The number of carbonyl (C=O) groups excluding carboxylic acids is 2. The van der Waals surface area contributed by atoms with Crippen molar-refractivity contribution >= 4 is 29.1 Å². The van der Waals surface area contributed by atoms with Crippen LogP contribution in [0, 0.1) is 0 Å². The van der Waals surface area contributed by atoms with Crippen molar-refractivity contribution in [2.45, 2.75) is 0 Å². The lowest BCUT2D eigenvalue weighted by Gasteiger charge is -2.14. The van der Waals surface area contributed by atoms with E-state index in [1.54, 1.807) is 42.6 Å². The van der Waals surface area contributed by atoms with Gasteiger partial charge in [0.25, 0.3) is 5.91 Å². The zero-order valence-corrected chi connectivity index (χ0v) is 18.3. The van der Waals surface area contributed by atoms with E-state index < -0.39 is 5.91 Å². The molecule has 2 heterocycles. The van der Waals surface area contributed by atoms with Gasteiger partial charge in [-0.1, -0.05) is 23.7 Å². The Balaban J connectivity index is 1.78. The SMILES string of the molecule is COc1ccc(NC(=O)c2ccc(C(N)=O)cc2-c2ccc(Cl)c(-c3ccccn3)c2)cn1. The van der Waals surface area contributed by atoms with Gasteiger partial charge >= 0.3 is 0 Å². The second-order valence-electron chi connectivity index (χ2n) is 7.08. The van der Waals surface area contributed by atoms with Gasteiger partial charge < -0.3 is 15.8 Å². The van der Waals surface area contributed by atoms with Crippen LogP contribution in [0.3, 0.4) is 0 Å². The number of anilines is 1. The molecule has 0 atom stereocenters. The number of hydrogen-bond acceptors (Lipinski definition) is 5. The first-order chi connectivity index (χ1) is 16.0. The molecule has 0 saturated heterocycles. The van der Waals surface area contributed by atoms with Crippen LogP contribution in [0.1, 0.15) is 20.7 Å². The lowest BCUT2D eigenvalue weighted by atomic mass is 9.94. The lowest BCUT2D eigenvalue weighted by molar-refractivity contribution is 0.0995. The van der Waals surface area contributed by atoms with Crippen molar-refractivity contribution in [3.8, 4) is 28.3 Å². The summed E-state index contributed by atoms with van der Waals surface area (Å²) in [7, 11) is 1.51. The molecule has 0 aliphatic rings. The Labute approximate surface area is 195 Å². The molecule has 0 unspecified atom stereocenters. The number of nitrogens with zero attached hydrogens (tertiary/aromatic N) is 2. The summed E-state index contributed by atoms with van der Waals surface area (Å²) >= 11 is 6.42. The molecule has 2 aromatic heterocycles. The van der Waals surface area contributed by atoms with Crippen molar-refractivity contribution in [3.63, 3.8) is 0 Å². The molecule has 2 aromatic carbocycles. The minimum atomic E-state index is -0.596. The van der Waals surface area contributed by atoms with E-state index in [0.717, 1.165) is 0 Å². The van der Waals surface area contributed by atoms with Crippen LogP contribution in [0.4, 0.5) is 5.69 Å². The topological polar surface area (TPSA) is 107 Å². The van der Waals surface area contributed by atoms with Crippen LogP contribution in [-0.4, -0.2) is 28.9 Å². The number of carbonyl (C=O) groups is 2. The molecule has 164 valence electrons. The molecule has 0 aliphatic heterocycles. The number of primary amides is 1. The third-order valence-electron chi connectivity index (χ3n) is 4.97. The fourth-order valence-electron chi connectivity index (χ4n) is 3.32. The first-order valence-corrected chi connectivity index (χ1v) is 10.3. The molecule has 33 heavy (non-hydrogen) atoms. The Bertz CT molecular complexity index is 1330. The molecule has 2 amide bonds. The van der Waals surface area contributed by atoms with Crippen LogP contribution in [-0.2, 0) is 0 Å². The summed E-state index contributed by atoms with van der Waals surface area (Å²) in [6, 6.07) is 18.9. The Morgan fingerprint density at radius 1 is 0.970 bits per heavy atom. The van der Waals surface area contributed by atoms with Gasteiger partial charge in [-0.05, 0) is 59.7 Å². The minimum absolute atomic E-state index is 0.280. The van der Waals surface area contributed by atoms with Crippen molar-refractivity contribution in [3.05, 3.63) is 95.3 Å². The van der Waals surface area contributed by atoms with Crippen LogP contribution in [0.25, 0.3) is 22.4 Å². The molecule has 0 spiro atoms. The summed E-state index contributed by atoms with van der Waals surface area (Å²) in [5.41, 5.74) is 9.21. The van der Waals surface area contributed by atoms with E-state index in [1.165, 1.54) is 19.4 Å². The summed E-state index contributed by atoms with van der Waals surface area (Å²) < 4.78 is 5.05. The zero-order chi connectivity index (χ0) is 23.4. The molecule has 0 aliphatic carbocycles. The van der Waals surface area contributed by atoms with E-state index in [9.17, 15) is 9.59 Å². The molecular formula is C25H19ClN4O3. The molecule has 0 bridgehead atoms. The number of nitrogens with two attached hydrogens (primary N) is 1. The maximum Gasteiger partial charge on any atom is 0.256 e. The van der Waals surface area contributed by atoms with Gasteiger partial charge in [-0.15, -0.1) is 0 Å². The third kappa shape index (κ3) is 4.83. The van der Waals surface area contributed by atoms with Crippen LogP contribution < -0.4 is 15.8 Å². The molecule has 4 aromatic rings. The van der Waals surface area contributed by atoms with E-state index in [1.807, 2.05) is 24.3 Å². The van der Waals surface area contributed by atoms with Gasteiger partial charge in [0.1, 0.15) is 0 Å². The van der Waals surface area contributed by atoms with Crippen molar-refractivity contribution in [2.75, 3.05) is 12.4 Å². The molecular weight excluding hydrogens is 440 g/mol. The van der Waals surface area contributed by atoms with Crippen molar-refractivity contribution in [1.82, 2.24) is 9.97 Å². The van der Waals surface area contributed by atoms with E-state index in [4.69, 9.17) is 22.1 Å². The number of benzene rings is 2. The molecule has 8 heteroatoms. The number of methoxy groups -OCH3 is 1. The molecule has 0 fully saturated rings. The standard InChI is InChI=1S/C25H19ClN4O3/c1-33-23-10-7-17(14-29-23)30-25(32)18-8-5-16(24(27)31)13-19(18)15-6-9-21(26)20(12-15)22-4-2-3-11-28-22/h2-14H,1H3,(H2,27,31)(H,30,32). The summed E-state index contributed by atoms with van der Waals surface area (Å²) in [4.78, 5) is 33.4. The van der Waals surface area contributed by atoms with Gasteiger partial charge in [-0.3, -0.25) is 14.6 Å². The maximum absolute atomic E-state index is 13.1. The third-order valence-corrected chi connectivity index (χ3v) is 5.30. The molecule has 7 nitrogen and oxygen atoms in total. The molecule has 0 radical (unpaired) electrons. The first-order valence-electron chi connectivity index (χ1n) is 9.93. The van der Waals surface area contributed by atoms with E-state index >= 15 is 0 Å². The highest BCUT2D eigenvalue weighted by Crippen LogP contribution is 2.33. The normalized spacial score (nSPS) is 10.5. The average Bonchev–Trinajstić information content (AvgIpc) is 2.85.